The number of carbonyl (C=O) groups excluding carboxylic acids is 1. The molecule has 0 atom stereocenters. The van der Waals surface area contributed by atoms with Crippen molar-refractivity contribution in [1.82, 2.24) is 14.8 Å². The van der Waals surface area contributed by atoms with Crippen LogP contribution in [0.25, 0.3) is 21.5 Å². The molecule has 10 heteroatoms. The lowest BCUT2D eigenvalue weighted by Gasteiger charge is -2.11. The summed E-state index contributed by atoms with van der Waals surface area (Å²) in [5.41, 5.74) is 0.740. The number of hydrogen-bond donors (Lipinski definition) is 1. The Morgan fingerprint density at radius 2 is 1.79 bits per heavy atom. The van der Waals surface area contributed by atoms with E-state index in [1.54, 1.807) is 18.2 Å². The molecule has 1 amide bonds. The fourth-order valence-electron chi connectivity index (χ4n) is 3.78. The topological polar surface area (TPSA) is 80.1 Å². The molecular formula is C23H19F2N5O2S. The standard InChI is InChI=1S/C23H19F2N5O2S/c24-15-9-7-14(8-10-15)19-21-20(27-23(33-21)29-11-3-4-12-29)22(32)30(28-19)13-18(31)26-17-6-2-1-5-16(17)25/h1-2,5-10H,3-4,11-13H2,(H,26,31). The maximum absolute atomic E-state index is 13.9. The minimum Gasteiger partial charge on any atom is -0.348 e. The van der Waals surface area contributed by atoms with Crippen LogP contribution in [-0.2, 0) is 11.3 Å². The molecule has 0 spiro atoms. The summed E-state index contributed by atoms with van der Waals surface area (Å²) in [4.78, 5) is 32.4. The predicted molar refractivity (Wildman–Crippen MR) is 124 cm³/mol. The molecule has 0 radical (unpaired) electrons. The molecule has 2 aromatic carbocycles. The van der Waals surface area contributed by atoms with Gasteiger partial charge in [-0.2, -0.15) is 5.10 Å². The molecule has 1 aliphatic rings. The Kier molecular flexibility index (Phi) is 5.59. The van der Waals surface area contributed by atoms with Crippen LogP contribution in [0.1, 0.15) is 12.8 Å². The molecule has 0 saturated carbocycles. The van der Waals surface area contributed by atoms with Gasteiger partial charge in [-0.05, 0) is 49.2 Å². The van der Waals surface area contributed by atoms with E-state index in [9.17, 15) is 18.4 Å². The van der Waals surface area contributed by atoms with Gasteiger partial charge in [0.2, 0.25) is 5.91 Å². The lowest BCUT2D eigenvalue weighted by Crippen LogP contribution is -2.30. The minimum atomic E-state index is -0.603. The van der Waals surface area contributed by atoms with Crippen LogP contribution >= 0.6 is 11.3 Å². The molecular weight excluding hydrogens is 448 g/mol. The summed E-state index contributed by atoms with van der Waals surface area (Å²) in [6, 6.07) is 11.5. The van der Waals surface area contributed by atoms with Gasteiger partial charge in [-0.3, -0.25) is 9.59 Å². The lowest BCUT2D eigenvalue weighted by molar-refractivity contribution is -0.117. The molecule has 2 aromatic heterocycles. The number of hydrogen-bond acceptors (Lipinski definition) is 6. The van der Waals surface area contributed by atoms with E-state index in [0.717, 1.165) is 35.7 Å². The van der Waals surface area contributed by atoms with Crippen molar-refractivity contribution in [3.63, 3.8) is 0 Å². The molecule has 7 nitrogen and oxygen atoms in total. The summed E-state index contributed by atoms with van der Waals surface area (Å²) < 4.78 is 29.0. The highest BCUT2D eigenvalue weighted by Gasteiger charge is 2.22. The number of aromatic nitrogens is 3. The third kappa shape index (κ3) is 4.21. The zero-order chi connectivity index (χ0) is 22.9. The highest BCUT2D eigenvalue weighted by molar-refractivity contribution is 7.22. The van der Waals surface area contributed by atoms with Gasteiger partial charge in [0.25, 0.3) is 5.56 Å². The SMILES string of the molecule is O=C(Cn1nc(-c2ccc(F)cc2)c2sc(N3CCCC3)nc2c1=O)Nc1ccccc1F. The molecule has 4 aromatic rings. The van der Waals surface area contributed by atoms with Crippen LogP contribution < -0.4 is 15.8 Å². The molecule has 1 N–H and O–H groups in total. The number of fused-ring (bicyclic) bond motifs is 1. The maximum Gasteiger partial charge on any atom is 0.294 e. The van der Waals surface area contributed by atoms with E-state index in [-0.39, 0.29) is 11.2 Å². The number of benzene rings is 2. The fourth-order valence-corrected chi connectivity index (χ4v) is 4.90. The normalized spacial score (nSPS) is 13.6. The highest BCUT2D eigenvalue weighted by atomic mass is 32.1. The molecule has 0 bridgehead atoms. The van der Waals surface area contributed by atoms with Crippen LogP contribution in [0, 0.1) is 11.6 Å². The first-order chi connectivity index (χ1) is 16.0. The predicted octanol–water partition coefficient (Wildman–Crippen LogP) is 4.04. The highest BCUT2D eigenvalue weighted by Crippen LogP contribution is 2.35. The molecule has 0 aliphatic carbocycles. The zero-order valence-corrected chi connectivity index (χ0v) is 18.2. The summed E-state index contributed by atoms with van der Waals surface area (Å²) in [7, 11) is 0. The van der Waals surface area contributed by atoms with Crippen LogP contribution in [0.3, 0.4) is 0 Å². The Morgan fingerprint density at radius 1 is 1.06 bits per heavy atom. The molecule has 1 saturated heterocycles. The van der Waals surface area contributed by atoms with Gasteiger partial charge in [0.05, 0.1) is 10.4 Å². The van der Waals surface area contributed by atoms with Crippen LogP contribution in [0.4, 0.5) is 19.6 Å². The summed E-state index contributed by atoms with van der Waals surface area (Å²) in [6.45, 7) is 1.30. The van der Waals surface area contributed by atoms with E-state index in [0.29, 0.717) is 16.0 Å². The van der Waals surface area contributed by atoms with Gasteiger partial charge in [-0.1, -0.05) is 23.5 Å². The Balaban J connectivity index is 1.57. The lowest BCUT2D eigenvalue weighted by atomic mass is 10.1. The van der Waals surface area contributed by atoms with Gasteiger partial charge in [0.1, 0.15) is 23.9 Å². The van der Waals surface area contributed by atoms with Crippen LogP contribution in [-0.4, -0.2) is 33.8 Å². The molecule has 0 unspecified atom stereocenters. The number of para-hydroxylation sites is 1. The van der Waals surface area contributed by atoms with Gasteiger partial charge in [-0.25, -0.2) is 18.4 Å². The molecule has 1 fully saturated rings. The van der Waals surface area contributed by atoms with Crippen LogP contribution in [0.15, 0.2) is 53.3 Å². The Hall–Kier alpha value is -3.66. The van der Waals surface area contributed by atoms with E-state index >= 15 is 0 Å². The van der Waals surface area contributed by atoms with Crippen molar-refractivity contribution in [2.45, 2.75) is 19.4 Å². The third-order valence-electron chi connectivity index (χ3n) is 5.42. The Labute approximate surface area is 191 Å². The van der Waals surface area contributed by atoms with Crippen molar-refractivity contribution in [2.24, 2.45) is 0 Å². The number of halogens is 2. The summed E-state index contributed by atoms with van der Waals surface area (Å²) in [6.07, 6.45) is 2.11. The van der Waals surface area contributed by atoms with Gasteiger partial charge >= 0.3 is 0 Å². The first kappa shape index (κ1) is 21.2. The van der Waals surface area contributed by atoms with Crippen LogP contribution in [0.5, 0.6) is 0 Å². The van der Waals surface area contributed by atoms with E-state index in [4.69, 9.17) is 0 Å². The molecule has 1 aliphatic heterocycles. The van der Waals surface area contributed by atoms with E-state index < -0.39 is 29.6 Å². The van der Waals surface area contributed by atoms with Gasteiger partial charge in [0.15, 0.2) is 10.6 Å². The first-order valence-electron chi connectivity index (χ1n) is 10.5. The molecule has 3 heterocycles. The average molecular weight is 468 g/mol. The fraction of sp³-hybridized carbons (Fsp3) is 0.217. The second kappa shape index (κ2) is 8.70. The van der Waals surface area contributed by atoms with E-state index in [1.807, 2.05) is 0 Å². The number of anilines is 2. The minimum absolute atomic E-state index is 0.0142. The Morgan fingerprint density at radius 3 is 2.52 bits per heavy atom. The summed E-state index contributed by atoms with van der Waals surface area (Å²) in [5, 5.41) is 7.61. The Bertz CT molecular complexity index is 1390. The van der Waals surface area contributed by atoms with Crippen molar-refractivity contribution in [1.29, 1.82) is 0 Å². The number of nitrogens with zero attached hydrogens (tertiary/aromatic N) is 4. The monoisotopic (exact) mass is 467 g/mol. The van der Waals surface area contributed by atoms with E-state index in [2.05, 4.69) is 20.3 Å². The largest absolute Gasteiger partial charge is 0.348 e. The molecule has 168 valence electrons. The van der Waals surface area contributed by atoms with Gasteiger partial charge in [-0.15, -0.1) is 0 Å². The number of thiazole rings is 1. The summed E-state index contributed by atoms with van der Waals surface area (Å²) >= 11 is 1.36. The van der Waals surface area contributed by atoms with Crippen molar-refractivity contribution in [2.75, 3.05) is 23.3 Å². The van der Waals surface area contributed by atoms with Crippen molar-refractivity contribution < 1.29 is 13.6 Å². The van der Waals surface area contributed by atoms with Crippen molar-refractivity contribution in [3.05, 3.63) is 70.5 Å². The number of rotatable bonds is 5. The zero-order valence-electron chi connectivity index (χ0n) is 17.4. The molecule has 5 rings (SSSR count). The first-order valence-corrected chi connectivity index (χ1v) is 11.3. The second-order valence-corrected chi connectivity index (χ2v) is 8.69. The summed E-state index contributed by atoms with van der Waals surface area (Å²) in [5.74, 6) is -1.58. The van der Waals surface area contributed by atoms with Gasteiger partial charge in [0, 0.05) is 18.7 Å². The number of amides is 1. The molecule has 33 heavy (non-hydrogen) atoms. The smallest absolute Gasteiger partial charge is 0.294 e. The van der Waals surface area contributed by atoms with E-state index in [1.165, 1.54) is 41.7 Å². The maximum atomic E-state index is 13.9. The quantitative estimate of drug-likeness (QED) is 0.479. The average Bonchev–Trinajstić information content (AvgIpc) is 3.48. The van der Waals surface area contributed by atoms with Crippen molar-refractivity contribution >= 4 is 38.3 Å². The number of nitrogens with one attached hydrogen (secondary N) is 1. The van der Waals surface area contributed by atoms with Gasteiger partial charge < -0.3 is 10.2 Å². The third-order valence-corrected chi connectivity index (χ3v) is 6.55. The number of carbonyl (C=O) groups is 1. The second-order valence-electron chi connectivity index (χ2n) is 7.71. The van der Waals surface area contributed by atoms with Crippen molar-refractivity contribution in [3.8, 4) is 11.3 Å². The van der Waals surface area contributed by atoms with Crippen LogP contribution in [0.2, 0.25) is 0 Å².